The highest BCUT2D eigenvalue weighted by Gasteiger charge is 2.10. The predicted octanol–water partition coefficient (Wildman–Crippen LogP) is 1.44. The summed E-state index contributed by atoms with van der Waals surface area (Å²) in [6.07, 6.45) is 2.29. The van der Waals surface area contributed by atoms with E-state index in [0.29, 0.717) is 11.3 Å². The molecule has 1 aromatic heterocycles. The average molecular weight is 332 g/mol. The fourth-order valence-electron chi connectivity index (χ4n) is 1.83. The third kappa shape index (κ3) is 4.77. The fourth-order valence-corrected chi connectivity index (χ4v) is 1.83. The van der Waals surface area contributed by atoms with E-state index in [2.05, 4.69) is 5.32 Å². The van der Waals surface area contributed by atoms with Gasteiger partial charge in [0.15, 0.2) is 0 Å². The lowest BCUT2D eigenvalue weighted by Crippen LogP contribution is -2.33. The Balaban J connectivity index is 1.97. The summed E-state index contributed by atoms with van der Waals surface area (Å²) < 4.78 is 5.00. The van der Waals surface area contributed by atoms with E-state index in [4.69, 9.17) is 9.52 Å². The molecule has 0 fully saturated rings. The van der Waals surface area contributed by atoms with Gasteiger partial charge in [-0.1, -0.05) is 18.2 Å². The van der Waals surface area contributed by atoms with E-state index in [0.717, 1.165) is 5.56 Å². The molecule has 1 atom stereocenters. The molecule has 0 aliphatic heterocycles. The average Bonchev–Trinajstić information content (AvgIpc) is 3.07. The van der Waals surface area contributed by atoms with E-state index in [1.165, 1.54) is 12.1 Å². The summed E-state index contributed by atoms with van der Waals surface area (Å²) in [5.74, 6) is -0.340. The predicted molar refractivity (Wildman–Crippen MR) is 86.2 cm³/mol. The zero-order valence-electron chi connectivity index (χ0n) is 12.6. The summed E-state index contributed by atoms with van der Waals surface area (Å²) in [6, 6.07) is 9.36. The molecule has 1 amide bonds. The van der Waals surface area contributed by atoms with E-state index in [1.54, 1.807) is 36.4 Å². The molecule has 2 aromatic rings. The molecule has 8 heteroatoms. The van der Waals surface area contributed by atoms with Crippen molar-refractivity contribution < 1.29 is 24.3 Å². The number of nitrogens with one attached hydrogen (secondary N) is 1. The maximum absolute atomic E-state index is 11.8. The molecule has 0 bridgehead atoms. The van der Waals surface area contributed by atoms with Crippen LogP contribution in [-0.4, -0.2) is 40.3 Å². The van der Waals surface area contributed by atoms with E-state index in [-0.39, 0.29) is 18.3 Å². The van der Waals surface area contributed by atoms with Gasteiger partial charge >= 0.3 is 5.88 Å². The molecule has 24 heavy (non-hydrogen) atoms. The lowest BCUT2D eigenvalue weighted by molar-refractivity contribution is -0.402. The van der Waals surface area contributed by atoms with Crippen LogP contribution in [0.4, 0.5) is 5.88 Å². The van der Waals surface area contributed by atoms with Crippen LogP contribution in [0, 0.1) is 10.1 Å². The second kappa shape index (κ2) is 8.04. The molecule has 0 spiro atoms. The molecule has 0 aliphatic carbocycles. The van der Waals surface area contributed by atoms with E-state index >= 15 is 0 Å². The van der Waals surface area contributed by atoms with E-state index in [1.807, 2.05) is 0 Å². The van der Waals surface area contributed by atoms with Crippen LogP contribution in [0.5, 0.6) is 0 Å². The fraction of sp³-hybridized carbons (Fsp3) is 0.188. The van der Waals surface area contributed by atoms with Crippen molar-refractivity contribution in [2.75, 3.05) is 13.2 Å². The molecular formula is C16H16N2O6. The van der Waals surface area contributed by atoms with Crippen molar-refractivity contribution in [3.05, 3.63) is 63.4 Å². The molecule has 1 unspecified atom stereocenters. The number of nitrogens with zero attached hydrogens (tertiary/aromatic N) is 1. The second-order valence-electron chi connectivity index (χ2n) is 4.93. The number of carbonyl (C=O) groups is 1. The monoisotopic (exact) mass is 332 g/mol. The number of rotatable bonds is 7. The Morgan fingerprint density at radius 1 is 1.25 bits per heavy atom. The van der Waals surface area contributed by atoms with Crippen molar-refractivity contribution >= 4 is 23.9 Å². The number of furan rings is 1. The van der Waals surface area contributed by atoms with Gasteiger partial charge in [0, 0.05) is 12.1 Å². The Morgan fingerprint density at radius 2 is 1.96 bits per heavy atom. The number of nitro groups is 1. The van der Waals surface area contributed by atoms with Gasteiger partial charge in [-0.2, -0.15) is 0 Å². The van der Waals surface area contributed by atoms with Crippen molar-refractivity contribution in [3.63, 3.8) is 0 Å². The summed E-state index contributed by atoms with van der Waals surface area (Å²) in [4.78, 5) is 21.7. The van der Waals surface area contributed by atoms with Gasteiger partial charge in [0.05, 0.1) is 18.8 Å². The van der Waals surface area contributed by atoms with Crippen LogP contribution in [0.25, 0.3) is 12.2 Å². The highest BCUT2D eigenvalue weighted by molar-refractivity contribution is 5.94. The summed E-state index contributed by atoms with van der Waals surface area (Å²) in [5, 5.41) is 30.9. The first-order valence-electron chi connectivity index (χ1n) is 7.09. The highest BCUT2D eigenvalue weighted by Crippen LogP contribution is 2.18. The van der Waals surface area contributed by atoms with Crippen molar-refractivity contribution in [1.82, 2.24) is 5.32 Å². The smallest absolute Gasteiger partial charge is 0.401 e. The largest absolute Gasteiger partial charge is 0.433 e. The Labute approximate surface area is 137 Å². The second-order valence-corrected chi connectivity index (χ2v) is 4.93. The number of hydrogen-bond donors (Lipinski definition) is 3. The van der Waals surface area contributed by atoms with Gasteiger partial charge in [0.2, 0.25) is 0 Å². The standard InChI is InChI=1S/C16H16N2O6/c19-10-13(20)9-17-16(21)12-4-1-11(2-5-12)3-6-14-7-8-15(24-14)18(22)23/h1-8,13,19-20H,9-10H2,(H,17,21)/b6-3+. The van der Waals surface area contributed by atoms with Crippen LogP contribution in [0.2, 0.25) is 0 Å². The lowest BCUT2D eigenvalue weighted by atomic mass is 10.1. The van der Waals surface area contributed by atoms with Crippen molar-refractivity contribution in [1.29, 1.82) is 0 Å². The zero-order valence-corrected chi connectivity index (χ0v) is 12.6. The normalized spacial score (nSPS) is 12.2. The Kier molecular flexibility index (Phi) is 5.83. The van der Waals surface area contributed by atoms with Gasteiger partial charge in [-0.3, -0.25) is 14.9 Å². The molecule has 0 saturated heterocycles. The number of aliphatic hydroxyl groups excluding tert-OH is 2. The van der Waals surface area contributed by atoms with Gasteiger partial charge in [0.25, 0.3) is 5.91 Å². The number of hydrogen-bond acceptors (Lipinski definition) is 6. The van der Waals surface area contributed by atoms with Crippen molar-refractivity contribution in [2.45, 2.75) is 6.10 Å². The highest BCUT2D eigenvalue weighted by atomic mass is 16.6. The summed E-state index contributed by atoms with van der Waals surface area (Å²) in [5.41, 5.74) is 1.19. The van der Waals surface area contributed by atoms with Crippen LogP contribution in [0.15, 0.2) is 40.8 Å². The zero-order chi connectivity index (χ0) is 17.5. The topological polar surface area (TPSA) is 126 Å². The molecule has 1 heterocycles. The molecule has 126 valence electrons. The molecule has 0 radical (unpaired) electrons. The molecule has 8 nitrogen and oxygen atoms in total. The SMILES string of the molecule is O=C(NCC(O)CO)c1ccc(/C=C/c2ccc([N+](=O)[O-])o2)cc1. The Morgan fingerprint density at radius 3 is 2.54 bits per heavy atom. The third-order valence-corrected chi connectivity index (χ3v) is 3.11. The molecule has 2 rings (SSSR count). The quantitative estimate of drug-likeness (QED) is 0.520. The van der Waals surface area contributed by atoms with Crippen molar-refractivity contribution in [3.8, 4) is 0 Å². The number of amides is 1. The molecule has 0 aliphatic rings. The molecule has 1 aromatic carbocycles. The molecule has 3 N–H and O–H groups in total. The molecular weight excluding hydrogens is 316 g/mol. The lowest BCUT2D eigenvalue weighted by Gasteiger charge is -2.09. The minimum atomic E-state index is -0.992. The first kappa shape index (κ1) is 17.4. The maximum Gasteiger partial charge on any atom is 0.433 e. The molecule has 0 saturated carbocycles. The maximum atomic E-state index is 11.8. The number of carbonyl (C=O) groups excluding carboxylic acids is 1. The van der Waals surface area contributed by atoms with Crippen LogP contribution >= 0.6 is 0 Å². The van der Waals surface area contributed by atoms with Crippen LogP contribution in [0.1, 0.15) is 21.7 Å². The Hall–Kier alpha value is -2.97. The van der Waals surface area contributed by atoms with Crippen LogP contribution < -0.4 is 5.32 Å². The van der Waals surface area contributed by atoms with Gasteiger partial charge in [-0.25, -0.2) is 0 Å². The number of aliphatic hydroxyl groups is 2. The van der Waals surface area contributed by atoms with Gasteiger partial charge in [0.1, 0.15) is 10.7 Å². The first-order chi connectivity index (χ1) is 11.5. The van der Waals surface area contributed by atoms with E-state index in [9.17, 15) is 20.0 Å². The first-order valence-corrected chi connectivity index (χ1v) is 7.09. The van der Waals surface area contributed by atoms with Crippen molar-refractivity contribution in [2.24, 2.45) is 0 Å². The summed E-state index contributed by atoms with van der Waals surface area (Å²) >= 11 is 0. The Bertz CT molecular complexity index is 735. The minimum absolute atomic E-state index is 0.0335. The summed E-state index contributed by atoms with van der Waals surface area (Å²) in [6.45, 7) is -0.455. The third-order valence-electron chi connectivity index (χ3n) is 3.11. The number of benzene rings is 1. The van der Waals surface area contributed by atoms with Crippen LogP contribution in [0.3, 0.4) is 0 Å². The summed E-state index contributed by atoms with van der Waals surface area (Å²) in [7, 11) is 0. The van der Waals surface area contributed by atoms with E-state index < -0.39 is 17.6 Å². The van der Waals surface area contributed by atoms with Gasteiger partial charge in [-0.05, 0) is 29.8 Å². The van der Waals surface area contributed by atoms with Gasteiger partial charge in [-0.15, -0.1) is 0 Å². The van der Waals surface area contributed by atoms with Gasteiger partial charge < -0.3 is 19.9 Å². The van der Waals surface area contributed by atoms with Crippen LogP contribution in [-0.2, 0) is 0 Å². The minimum Gasteiger partial charge on any atom is -0.401 e.